The average Bonchev–Trinajstić information content (AvgIpc) is 3.41. The minimum absolute atomic E-state index is 0.000449. The summed E-state index contributed by atoms with van der Waals surface area (Å²) in [5.74, 6) is -2.29. The van der Waals surface area contributed by atoms with E-state index < -0.39 is 42.4 Å². The minimum Gasteiger partial charge on any atom is -0.380 e. The van der Waals surface area contributed by atoms with Gasteiger partial charge in [-0.3, -0.25) is 39.0 Å². The summed E-state index contributed by atoms with van der Waals surface area (Å²) in [5, 5.41) is 9.71. The van der Waals surface area contributed by atoms with Gasteiger partial charge in [-0.15, -0.1) is 0 Å². The second kappa shape index (κ2) is 9.61. The van der Waals surface area contributed by atoms with Crippen molar-refractivity contribution < 1.29 is 32.3 Å². The van der Waals surface area contributed by atoms with Gasteiger partial charge in [0.25, 0.3) is 11.8 Å². The first-order valence-corrected chi connectivity index (χ1v) is 12.0. The standard InChI is InChI=1S/C24H25F3N6O4/c25-24(26,27)13-31-8-6-15(7-9-31)32-12-14(11-29-32)10-28-17-3-1-2-16-20(17)23(37)33(22(16)36)18-4-5-19(34)30-21(18)35/h1-3,11-12,15,18,28H,4-10,13H2,(H,30,34,35). The molecule has 5 rings (SSSR count). The molecule has 10 nitrogen and oxygen atoms in total. The van der Waals surface area contributed by atoms with Crippen molar-refractivity contribution in [3.05, 3.63) is 47.3 Å². The highest BCUT2D eigenvalue weighted by atomic mass is 19.4. The third kappa shape index (κ3) is 5.08. The molecule has 196 valence electrons. The molecule has 0 bridgehead atoms. The maximum absolute atomic E-state index is 13.2. The summed E-state index contributed by atoms with van der Waals surface area (Å²) < 4.78 is 39.6. The number of likely N-dealkylation sites (tertiary alicyclic amines) is 1. The summed E-state index contributed by atoms with van der Waals surface area (Å²) in [6.45, 7) is 0.0715. The predicted molar refractivity (Wildman–Crippen MR) is 123 cm³/mol. The second-order valence-corrected chi connectivity index (χ2v) is 9.48. The molecule has 37 heavy (non-hydrogen) atoms. The van der Waals surface area contributed by atoms with E-state index in [1.807, 2.05) is 6.20 Å². The van der Waals surface area contributed by atoms with Crippen LogP contribution in [0.25, 0.3) is 0 Å². The molecule has 4 amide bonds. The summed E-state index contributed by atoms with van der Waals surface area (Å²) >= 11 is 0. The molecule has 3 aliphatic rings. The monoisotopic (exact) mass is 518 g/mol. The maximum atomic E-state index is 13.2. The van der Waals surface area contributed by atoms with E-state index >= 15 is 0 Å². The van der Waals surface area contributed by atoms with Crippen LogP contribution < -0.4 is 10.6 Å². The number of carbonyl (C=O) groups excluding carboxylic acids is 4. The van der Waals surface area contributed by atoms with Crippen molar-refractivity contribution in [1.82, 2.24) is 24.9 Å². The number of imide groups is 2. The van der Waals surface area contributed by atoms with Crippen molar-refractivity contribution in [2.24, 2.45) is 0 Å². The van der Waals surface area contributed by atoms with Crippen LogP contribution in [0.4, 0.5) is 18.9 Å². The summed E-state index contributed by atoms with van der Waals surface area (Å²) in [5.41, 5.74) is 1.58. The number of nitrogens with one attached hydrogen (secondary N) is 2. The molecular weight excluding hydrogens is 493 g/mol. The first kappa shape index (κ1) is 24.9. The average molecular weight is 518 g/mol. The van der Waals surface area contributed by atoms with Crippen LogP contribution in [0, 0.1) is 0 Å². The molecule has 3 aliphatic heterocycles. The molecular formula is C24H25F3N6O4. The van der Waals surface area contributed by atoms with E-state index in [1.165, 1.54) is 11.0 Å². The molecule has 2 N–H and O–H groups in total. The third-order valence-corrected chi connectivity index (χ3v) is 6.94. The summed E-state index contributed by atoms with van der Waals surface area (Å²) in [4.78, 5) is 52.2. The molecule has 2 fully saturated rings. The SMILES string of the molecule is O=C1CCC(N2C(=O)c3cccc(NCc4cnn(C5CCN(CC(F)(F)F)CC5)c4)c3C2=O)C(=O)N1. The lowest BCUT2D eigenvalue weighted by Crippen LogP contribution is -2.54. The zero-order valence-electron chi connectivity index (χ0n) is 19.8. The van der Waals surface area contributed by atoms with Crippen molar-refractivity contribution in [2.45, 2.75) is 50.5 Å². The number of rotatable bonds is 6. The third-order valence-electron chi connectivity index (χ3n) is 6.94. The Kier molecular flexibility index (Phi) is 6.48. The van der Waals surface area contributed by atoms with E-state index in [0.717, 1.165) is 10.5 Å². The highest BCUT2D eigenvalue weighted by Gasteiger charge is 2.45. The van der Waals surface area contributed by atoms with Crippen molar-refractivity contribution in [3.8, 4) is 0 Å². The highest BCUT2D eigenvalue weighted by Crippen LogP contribution is 2.33. The van der Waals surface area contributed by atoms with Gasteiger partial charge in [0.15, 0.2) is 0 Å². The number of anilines is 1. The first-order valence-electron chi connectivity index (χ1n) is 12.0. The Hall–Kier alpha value is -3.74. The van der Waals surface area contributed by atoms with Crippen molar-refractivity contribution in [3.63, 3.8) is 0 Å². The fraction of sp³-hybridized carbons (Fsp3) is 0.458. The largest absolute Gasteiger partial charge is 0.401 e. The number of hydrogen-bond acceptors (Lipinski definition) is 7. The Balaban J connectivity index is 1.23. The molecule has 0 spiro atoms. The van der Waals surface area contributed by atoms with Crippen LogP contribution in [0.15, 0.2) is 30.6 Å². The van der Waals surface area contributed by atoms with Gasteiger partial charge in [0.05, 0.1) is 29.9 Å². The zero-order valence-corrected chi connectivity index (χ0v) is 19.8. The molecule has 1 atom stereocenters. The van der Waals surface area contributed by atoms with Crippen LogP contribution in [-0.2, 0) is 16.1 Å². The van der Waals surface area contributed by atoms with Crippen LogP contribution in [0.2, 0.25) is 0 Å². The number of hydrogen-bond donors (Lipinski definition) is 2. The number of alkyl halides is 3. The lowest BCUT2D eigenvalue weighted by molar-refractivity contribution is -0.148. The lowest BCUT2D eigenvalue weighted by atomic mass is 10.0. The number of nitrogens with zero attached hydrogens (tertiary/aromatic N) is 4. The number of amides is 4. The van der Waals surface area contributed by atoms with Crippen molar-refractivity contribution >= 4 is 29.3 Å². The minimum atomic E-state index is -4.21. The Bertz CT molecular complexity index is 1250. The van der Waals surface area contributed by atoms with Crippen molar-refractivity contribution in [2.75, 3.05) is 25.0 Å². The number of piperidine rings is 2. The van der Waals surface area contributed by atoms with E-state index in [2.05, 4.69) is 15.7 Å². The normalized spacial score (nSPS) is 21.4. The first-order chi connectivity index (χ1) is 17.6. The summed E-state index contributed by atoms with van der Waals surface area (Å²) in [6.07, 6.45) is 0.504. The number of carbonyl (C=O) groups is 4. The van der Waals surface area contributed by atoms with Gasteiger partial charge in [0, 0.05) is 43.5 Å². The van der Waals surface area contributed by atoms with Crippen LogP contribution in [0.1, 0.15) is 58.0 Å². The molecule has 1 aromatic carbocycles. The quantitative estimate of drug-likeness (QED) is 0.563. The van der Waals surface area contributed by atoms with Crippen molar-refractivity contribution in [1.29, 1.82) is 0 Å². The van der Waals surface area contributed by atoms with Gasteiger partial charge in [-0.25, -0.2) is 0 Å². The topological polar surface area (TPSA) is 117 Å². The lowest BCUT2D eigenvalue weighted by Gasteiger charge is -2.32. The van der Waals surface area contributed by atoms with Gasteiger partial charge in [-0.1, -0.05) is 6.07 Å². The van der Waals surface area contributed by atoms with E-state index in [1.54, 1.807) is 23.0 Å². The zero-order chi connectivity index (χ0) is 26.3. The number of fused-ring (bicyclic) bond motifs is 1. The molecule has 0 saturated carbocycles. The molecule has 0 radical (unpaired) electrons. The second-order valence-electron chi connectivity index (χ2n) is 9.48. The van der Waals surface area contributed by atoms with Crippen LogP contribution in [0.3, 0.4) is 0 Å². The summed E-state index contributed by atoms with van der Waals surface area (Å²) in [6, 6.07) is 3.78. The molecule has 0 aliphatic carbocycles. The predicted octanol–water partition coefficient (Wildman–Crippen LogP) is 2.10. The number of aromatic nitrogens is 2. The van der Waals surface area contributed by atoms with Crippen LogP contribution in [-0.4, -0.2) is 75.1 Å². The fourth-order valence-electron chi connectivity index (χ4n) is 5.12. The Morgan fingerprint density at radius 3 is 2.51 bits per heavy atom. The van der Waals surface area contributed by atoms with E-state index in [-0.39, 0.29) is 30.0 Å². The Labute approximate surface area is 209 Å². The summed E-state index contributed by atoms with van der Waals surface area (Å²) in [7, 11) is 0. The number of benzene rings is 1. The van der Waals surface area contributed by atoms with E-state index in [4.69, 9.17) is 0 Å². The molecule has 1 unspecified atom stereocenters. The van der Waals surface area contributed by atoms with Crippen LogP contribution in [0.5, 0.6) is 0 Å². The van der Waals surface area contributed by atoms with Gasteiger partial charge in [0.1, 0.15) is 6.04 Å². The Morgan fingerprint density at radius 1 is 1.05 bits per heavy atom. The van der Waals surface area contributed by atoms with Gasteiger partial charge in [-0.05, 0) is 31.4 Å². The van der Waals surface area contributed by atoms with E-state index in [0.29, 0.717) is 38.2 Å². The van der Waals surface area contributed by atoms with Gasteiger partial charge in [0.2, 0.25) is 11.8 Å². The maximum Gasteiger partial charge on any atom is 0.401 e. The molecule has 4 heterocycles. The molecule has 13 heteroatoms. The van der Waals surface area contributed by atoms with Crippen LogP contribution >= 0.6 is 0 Å². The van der Waals surface area contributed by atoms with Gasteiger partial charge >= 0.3 is 6.18 Å². The fourth-order valence-corrected chi connectivity index (χ4v) is 5.12. The smallest absolute Gasteiger partial charge is 0.380 e. The molecule has 2 saturated heterocycles. The molecule has 2 aromatic rings. The van der Waals surface area contributed by atoms with Gasteiger partial charge < -0.3 is 5.32 Å². The molecule has 1 aromatic heterocycles. The Morgan fingerprint density at radius 2 is 1.81 bits per heavy atom. The number of halogens is 3. The van der Waals surface area contributed by atoms with E-state index in [9.17, 15) is 32.3 Å². The highest BCUT2D eigenvalue weighted by molar-refractivity contribution is 6.25. The van der Waals surface area contributed by atoms with Gasteiger partial charge in [-0.2, -0.15) is 18.3 Å².